The second-order valence-corrected chi connectivity index (χ2v) is 7.09. The van der Waals surface area contributed by atoms with Crippen molar-refractivity contribution in [1.82, 2.24) is 4.90 Å². The molecular weight excluding hydrogens is 294 g/mol. The quantitative estimate of drug-likeness (QED) is 0.891. The zero-order valence-corrected chi connectivity index (χ0v) is 13.6. The highest BCUT2D eigenvalue weighted by molar-refractivity contribution is 5.91. The van der Waals surface area contributed by atoms with E-state index in [9.17, 15) is 14.7 Å². The summed E-state index contributed by atoms with van der Waals surface area (Å²) in [6.07, 6.45) is 1.87. The molecule has 2 aliphatic rings. The van der Waals surface area contributed by atoms with Crippen molar-refractivity contribution < 1.29 is 19.8 Å². The molecule has 1 aliphatic carbocycles. The number of aliphatic hydroxyl groups is 1. The number of hydrogen-bond acceptors (Lipinski definition) is 3. The van der Waals surface area contributed by atoms with E-state index in [1.165, 1.54) is 0 Å². The summed E-state index contributed by atoms with van der Waals surface area (Å²) < 4.78 is 0. The first-order valence-corrected chi connectivity index (χ1v) is 8.11. The van der Waals surface area contributed by atoms with Gasteiger partial charge < -0.3 is 15.1 Å². The Morgan fingerprint density at radius 3 is 1.96 bits per heavy atom. The predicted molar refractivity (Wildman–Crippen MR) is 85.2 cm³/mol. The highest BCUT2D eigenvalue weighted by Gasteiger charge is 2.54. The first-order chi connectivity index (χ1) is 10.8. The summed E-state index contributed by atoms with van der Waals surface area (Å²) >= 11 is 0. The van der Waals surface area contributed by atoms with Gasteiger partial charge in [0.2, 0.25) is 5.91 Å². The Morgan fingerprint density at radius 2 is 1.52 bits per heavy atom. The van der Waals surface area contributed by atoms with Gasteiger partial charge in [-0.05, 0) is 32.3 Å². The summed E-state index contributed by atoms with van der Waals surface area (Å²) in [5.41, 5.74) is 1.25. The lowest BCUT2D eigenvalue weighted by Gasteiger charge is -2.37. The van der Waals surface area contributed by atoms with Gasteiger partial charge in [0.05, 0.1) is 5.41 Å². The van der Waals surface area contributed by atoms with Crippen LogP contribution in [-0.4, -0.2) is 45.7 Å². The normalized spacial score (nSPS) is 21.8. The Kier molecular flexibility index (Phi) is 3.71. The van der Waals surface area contributed by atoms with Crippen LogP contribution in [0.1, 0.15) is 42.4 Å². The standard InChI is InChI=1S/C18H23NO4/c1-12-9-13(2)11-14(10-12)17(3-4-17)15(20)19-7-5-18(23,6-8-19)16(21)22/h9-11,23H,3-8H2,1-2H3,(H,21,22). The van der Waals surface area contributed by atoms with E-state index in [-0.39, 0.29) is 18.7 Å². The topological polar surface area (TPSA) is 77.8 Å². The molecule has 2 N–H and O–H groups in total. The average Bonchev–Trinajstić information content (AvgIpc) is 3.28. The highest BCUT2D eigenvalue weighted by Crippen LogP contribution is 2.50. The van der Waals surface area contributed by atoms with Crippen LogP contribution >= 0.6 is 0 Å². The minimum atomic E-state index is -1.69. The summed E-state index contributed by atoms with van der Waals surface area (Å²) in [7, 11) is 0. The SMILES string of the molecule is Cc1cc(C)cc(C2(C(=O)N3CCC(O)(C(=O)O)CC3)CC2)c1. The maximum atomic E-state index is 13.0. The van der Waals surface area contributed by atoms with Gasteiger partial charge in [-0.2, -0.15) is 0 Å². The third-order valence-corrected chi connectivity index (χ3v) is 5.21. The number of carbonyl (C=O) groups excluding carboxylic acids is 1. The van der Waals surface area contributed by atoms with Gasteiger partial charge in [-0.25, -0.2) is 4.79 Å². The molecule has 1 aliphatic heterocycles. The van der Waals surface area contributed by atoms with Crippen LogP contribution in [0.4, 0.5) is 0 Å². The highest BCUT2D eigenvalue weighted by atomic mass is 16.4. The van der Waals surface area contributed by atoms with Crippen molar-refractivity contribution >= 4 is 11.9 Å². The minimum Gasteiger partial charge on any atom is -0.479 e. The lowest BCUT2D eigenvalue weighted by molar-refractivity contribution is -0.165. The van der Waals surface area contributed by atoms with Crippen LogP contribution in [0.2, 0.25) is 0 Å². The number of amides is 1. The number of nitrogens with zero attached hydrogens (tertiary/aromatic N) is 1. The lowest BCUT2D eigenvalue weighted by Crippen LogP contribution is -2.52. The number of likely N-dealkylation sites (tertiary alicyclic amines) is 1. The molecule has 0 unspecified atom stereocenters. The predicted octanol–water partition coefficient (Wildman–Crippen LogP) is 1.77. The molecule has 1 saturated heterocycles. The van der Waals surface area contributed by atoms with Crippen molar-refractivity contribution in [2.45, 2.75) is 50.5 Å². The van der Waals surface area contributed by atoms with Gasteiger partial charge in [-0.1, -0.05) is 29.3 Å². The number of rotatable bonds is 3. The maximum absolute atomic E-state index is 13.0. The molecule has 1 aromatic rings. The summed E-state index contributed by atoms with van der Waals surface area (Å²) in [6.45, 7) is 4.66. The first kappa shape index (κ1) is 16.0. The van der Waals surface area contributed by atoms with Gasteiger partial charge in [-0.3, -0.25) is 4.79 Å². The summed E-state index contributed by atoms with van der Waals surface area (Å²) in [5, 5.41) is 19.1. The Morgan fingerprint density at radius 1 is 1.00 bits per heavy atom. The number of aryl methyl sites for hydroxylation is 2. The van der Waals surface area contributed by atoms with Crippen molar-refractivity contribution in [1.29, 1.82) is 0 Å². The third-order valence-electron chi connectivity index (χ3n) is 5.21. The summed E-state index contributed by atoms with van der Waals surface area (Å²) in [4.78, 5) is 25.8. The van der Waals surface area contributed by atoms with Crippen molar-refractivity contribution in [3.63, 3.8) is 0 Å². The molecule has 5 heteroatoms. The Hall–Kier alpha value is -1.88. The summed E-state index contributed by atoms with van der Waals surface area (Å²) in [5.74, 6) is -1.12. The van der Waals surface area contributed by atoms with Crippen molar-refractivity contribution in [3.8, 4) is 0 Å². The van der Waals surface area contributed by atoms with E-state index in [1.807, 2.05) is 13.8 Å². The maximum Gasteiger partial charge on any atom is 0.335 e. The fourth-order valence-electron chi connectivity index (χ4n) is 3.60. The molecule has 23 heavy (non-hydrogen) atoms. The number of benzene rings is 1. The molecule has 0 radical (unpaired) electrons. The van der Waals surface area contributed by atoms with Crippen LogP contribution in [0.5, 0.6) is 0 Å². The lowest BCUT2D eigenvalue weighted by atomic mass is 9.88. The van der Waals surface area contributed by atoms with E-state index in [0.29, 0.717) is 13.1 Å². The van der Waals surface area contributed by atoms with E-state index in [2.05, 4.69) is 18.2 Å². The molecule has 1 aromatic carbocycles. The zero-order chi connectivity index (χ0) is 16.8. The van der Waals surface area contributed by atoms with E-state index < -0.39 is 17.0 Å². The Bertz CT molecular complexity index is 635. The van der Waals surface area contributed by atoms with Gasteiger partial charge in [0.1, 0.15) is 0 Å². The number of carboxylic acid groups (broad SMARTS) is 1. The average molecular weight is 317 g/mol. The van der Waals surface area contributed by atoms with Crippen LogP contribution in [-0.2, 0) is 15.0 Å². The second-order valence-electron chi connectivity index (χ2n) is 7.09. The fourth-order valence-corrected chi connectivity index (χ4v) is 3.60. The van der Waals surface area contributed by atoms with Crippen LogP contribution in [0.25, 0.3) is 0 Å². The molecule has 124 valence electrons. The second kappa shape index (κ2) is 5.34. The smallest absolute Gasteiger partial charge is 0.335 e. The molecule has 1 heterocycles. The van der Waals surface area contributed by atoms with Gasteiger partial charge >= 0.3 is 5.97 Å². The Balaban J connectivity index is 1.77. The van der Waals surface area contributed by atoms with Gasteiger partial charge in [0.25, 0.3) is 0 Å². The molecule has 0 bridgehead atoms. The molecule has 2 fully saturated rings. The number of carboxylic acids is 1. The monoisotopic (exact) mass is 317 g/mol. The van der Waals surface area contributed by atoms with E-state index >= 15 is 0 Å². The number of aliphatic carboxylic acids is 1. The molecular formula is C18H23NO4. The van der Waals surface area contributed by atoms with Gasteiger partial charge in [0, 0.05) is 25.9 Å². The van der Waals surface area contributed by atoms with Gasteiger partial charge in [0.15, 0.2) is 5.60 Å². The molecule has 0 spiro atoms. The fraction of sp³-hybridized carbons (Fsp3) is 0.556. The van der Waals surface area contributed by atoms with Crippen LogP contribution < -0.4 is 0 Å². The molecule has 5 nitrogen and oxygen atoms in total. The third kappa shape index (κ3) is 2.74. The number of hydrogen-bond donors (Lipinski definition) is 2. The van der Waals surface area contributed by atoms with Crippen LogP contribution in [0, 0.1) is 13.8 Å². The largest absolute Gasteiger partial charge is 0.479 e. The Labute approximate surface area is 135 Å². The zero-order valence-electron chi connectivity index (χ0n) is 13.6. The molecule has 1 amide bonds. The van der Waals surface area contributed by atoms with Crippen molar-refractivity contribution in [2.24, 2.45) is 0 Å². The molecule has 0 atom stereocenters. The molecule has 0 aromatic heterocycles. The first-order valence-electron chi connectivity index (χ1n) is 8.11. The van der Waals surface area contributed by atoms with Crippen LogP contribution in [0.3, 0.4) is 0 Å². The van der Waals surface area contributed by atoms with E-state index in [0.717, 1.165) is 29.5 Å². The number of carbonyl (C=O) groups is 2. The number of piperidine rings is 1. The van der Waals surface area contributed by atoms with E-state index in [4.69, 9.17) is 5.11 Å². The summed E-state index contributed by atoms with van der Waals surface area (Å²) in [6, 6.07) is 6.25. The van der Waals surface area contributed by atoms with E-state index in [1.54, 1.807) is 4.90 Å². The van der Waals surface area contributed by atoms with Crippen molar-refractivity contribution in [2.75, 3.05) is 13.1 Å². The van der Waals surface area contributed by atoms with Gasteiger partial charge in [-0.15, -0.1) is 0 Å². The van der Waals surface area contributed by atoms with Crippen LogP contribution in [0.15, 0.2) is 18.2 Å². The molecule has 3 rings (SSSR count). The minimum absolute atomic E-state index is 0.0786. The van der Waals surface area contributed by atoms with Crippen molar-refractivity contribution in [3.05, 3.63) is 34.9 Å². The molecule has 1 saturated carbocycles.